The highest BCUT2D eigenvalue weighted by Crippen LogP contribution is 2.15. The van der Waals surface area contributed by atoms with E-state index in [9.17, 15) is 4.21 Å². The van der Waals surface area contributed by atoms with Crippen molar-refractivity contribution in [2.24, 2.45) is 0 Å². The van der Waals surface area contributed by atoms with Gasteiger partial charge >= 0.3 is 0 Å². The number of rotatable bonds is 2. The molecule has 0 spiro atoms. The molecule has 0 atom stereocenters. The molecule has 1 aliphatic rings. The molecule has 0 saturated carbocycles. The zero-order chi connectivity index (χ0) is 6.74. The van der Waals surface area contributed by atoms with Crippen molar-refractivity contribution in [2.45, 2.75) is 6.92 Å². The van der Waals surface area contributed by atoms with Crippen LogP contribution < -0.4 is 0 Å². The van der Waals surface area contributed by atoms with Crippen LogP contribution in [0, 0.1) is 0 Å². The topological polar surface area (TPSA) is 44.8 Å². The van der Waals surface area contributed by atoms with Crippen LogP contribution in [-0.2, 0) is 23.3 Å². The van der Waals surface area contributed by atoms with Crippen molar-refractivity contribution < 1.29 is 16.8 Å². The van der Waals surface area contributed by atoms with E-state index in [0.29, 0.717) is 19.8 Å². The predicted octanol–water partition coefficient (Wildman–Crippen LogP) is -0.169. The Bertz CT molecular complexity index is 125. The van der Waals surface area contributed by atoms with Gasteiger partial charge in [0.25, 0.3) is 0 Å². The molecule has 1 fully saturated rings. The molecule has 1 aliphatic heterocycles. The highest BCUT2D eigenvalue weighted by atomic mass is 32.3. The van der Waals surface area contributed by atoms with Gasteiger partial charge in [0, 0.05) is 0 Å². The smallest absolute Gasteiger partial charge is 0.184 e. The van der Waals surface area contributed by atoms with Gasteiger partial charge in [-0.05, 0) is 6.92 Å². The lowest BCUT2D eigenvalue weighted by molar-refractivity contribution is 0.235. The maximum Gasteiger partial charge on any atom is 0.184 e. The van der Waals surface area contributed by atoms with Crippen molar-refractivity contribution in [3.8, 4) is 0 Å². The summed E-state index contributed by atoms with van der Waals surface area (Å²) < 4.78 is 25.0. The normalized spacial score (nSPS) is 28.1. The minimum Gasteiger partial charge on any atom is -0.275 e. The van der Waals surface area contributed by atoms with E-state index >= 15 is 0 Å². The Labute approximate surface area is 55.1 Å². The first-order valence-corrected chi connectivity index (χ1v) is 4.26. The fourth-order valence-corrected chi connectivity index (χ4v) is 1.70. The van der Waals surface area contributed by atoms with Gasteiger partial charge in [0.15, 0.2) is 10.8 Å². The van der Waals surface area contributed by atoms with Crippen LogP contribution in [0.5, 0.6) is 0 Å². The molecule has 4 nitrogen and oxygen atoms in total. The first kappa shape index (κ1) is 7.14. The molecular formula is C4H10O4S. The van der Waals surface area contributed by atoms with E-state index in [-0.39, 0.29) is 0 Å². The van der Waals surface area contributed by atoms with Gasteiger partial charge < -0.3 is 0 Å². The Hall–Kier alpha value is 0.0300. The lowest BCUT2D eigenvalue weighted by Crippen LogP contribution is -2.14. The van der Waals surface area contributed by atoms with Crippen LogP contribution in [0.4, 0.5) is 0 Å². The molecule has 0 amide bonds. The van der Waals surface area contributed by atoms with Gasteiger partial charge in [0.2, 0.25) is 0 Å². The van der Waals surface area contributed by atoms with Crippen LogP contribution in [0.3, 0.4) is 0 Å². The lowest BCUT2D eigenvalue weighted by Gasteiger charge is -2.14. The Morgan fingerprint density at radius 1 is 1.56 bits per heavy atom. The summed E-state index contributed by atoms with van der Waals surface area (Å²) in [6.07, 6.45) is 0. The summed E-state index contributed by atoms with van der Waals surface area (Å²) in [4.78, 5) is 0. The van der Waals surface area contributed by atoms with Gasteiger partial charge in [0.05, 0.1) is 19.8 Å². The van der Waals surface area contributed by atoms with Gasteiger partial charge in [-0.1, -0.05) is 0 Å². The average Bonchev–Trinajstić information content (AvgIpc) is 2.16. The van der Waals surface area contributed by atoms with Gasteiger partial charge in [-0.15, -0.1) is 0 Å². The van der Waals surface area contributed by atoms with Gasteiger partial charge in [-0.2, -0.15) is 0 Å². The van der Waals surface area contributed by atoms with Crippen molar-refractivity contribution in [1.82, 2.24) is 0 Å². The summed E-state index contributed by atoms with van der Waals surface area (Å²) in [5, 5.41) is 0. The monoisotopic (exact) mass is 154 g/mol. The molecule has 0 N–H and O–H groups in total. The minimum atomic E-state index is -3.07. The quantitative estimate of drug-likeness (QED) is 0.561. The summed E-state index contributed by atoms with van der Waals surface area (Å²) in [5.74, 6) is 0. The minimum absolute atomic E-state index is 0.358. The molecule has 0 aromatic carbocycles. The molecule has 56 valence electrons. The largest absolute Gasteiger partial charge is 0.275 e. The fraction of sp³-hybridized carbons (Fsp3) is 1.00. The second-order valence-electron chi connectivity index (χ2n) is 1.53. The third kappa shape index (κ3) is 1.72. The van der Waals surface area contributed by atoms with E-state index < -0.39 is 10.8 Å². The standard InChI is InChI=1S/C4H10O4S/c1-2-6-9(5)7-3-4-8-9/h9H,2-4H2,1H3. The average molecular weight is 154 g/mol. The third-order valence-corrected chi connectivity index (χ3v) is 2.44. The highest BCUT2D eigenvalue weighted by molar-refractivity contribution is 7.89. The zero-order valence-corrected chi connectivity index (χ0v) is 6.10. The Morgan fingerprint density at radius 3 is 2.56 bits per heavy atom. The van der Waals surface area contributed by atoms with E-state index in [4.69, 9.17) is 12.5 Å². The number of hydrogen-bond donors (Lipinski definition) is 1. The van der Waals surface area contributed by atoms with Gasteiger partial charge in [0.1, 0.15) is 0 Å². The number of thiol groups is 1. The van der Waals surface area contributed by atoms with Crippen LogP contribution in [-0.4, -0.2) is 24.0 Å². The van der Waals surface area contributed by atoms with Crippen molar-refractivity contribution in [1.29, 1.82) is 0 Å². The van der Waals surface area contributed by atoms with Crippen LogP contribution in [0.25, 0.3) is 0 Å². The van der Waals surface area contributed by atoms with E-state index in [1.54, 1.807) is 6.92 Å². The first-order valence-electron chi connectivity index (χ1n) is 2.80. The Kier molecular flexibility index (Phi) is 2.18. The van der Waals surface area contributed by atoms with Gasteiger partial charge in [-0.25, -0.2) is 4.21 Å². The molecule has 0 bridgehead atoms. The molecular weight excluding hydrogens is 144 g/mol. The Morgan fingerprint density at radius 2 is 2.11 bits per heavy atom. The van der Waals surface area contributed by atoms with Crippen molar-refractivity contribution in [3.05, 3.63) is 0 Å². The fourth-order valence-electron chi connectivity index (χ4n) is 0.568. The van der Waals surface area contributed by atoms with Crippen LogP contribution in [0.1, 0.15) is 6.92 Å². The molecule has 9 heavy (non-hydrogen) atoms. The second kappa shape index (κ2) is 2.74. The second-order valence-corrected chi connectivity index (χ2v) is 3.20. The first-order chi connectivity index (χ1) is 4.27. The molecule has 1 saturated heterocycles. The molecule has 1 heterocycles. The maximum atomic E-state index is 10.9. The van der Waals surface area contributed by atoms with Crippen LogP contribution >= 0.6 is 0 Å². The summed E-state index contributed by atoms with van der Waals surface area (Å²) in [7, 11) is -3.07. The summed E-state index contributed by atoms with van der Waals surface area (Å²) in [6, 6.07) is 0. The van der Waals surface area contributed by atoms with E-state index in [1.807, 2.05) is 0 Å². The summed E-state index contributed by atoms with van der Waals surface area (Å²) >= 11 is 0. The SMILES string of the molecule is CCO[SH]1(=O)OCCO1. The van der Waals surface area contributed by atoms with E-state index in [0.717, 1.165) is 0 Å². The molecule has 0 aliphatic carbocycles. The molecule has 0 aromatic heterocycles. The maximum absolute atomic E-state index is 10.9. The molecule has 0 unspecified atom stereocenters. The van der Waals surface area contributed by atoms with E-state index in [1.165, 1.54) is 0 Å². The number of hydrogen-bond acceptors (Lipinski definition) is 4. The van der Waals surface area contributed by atoms with E-state index in [2.05, 4.69) is 0 Å². The molecule has 1 rings (SSSR count). The third-order valence-electron chi connectivity index (χ3n) is 0.869. The summed E-state index contributed by atoms with van der Waals surface area (Å²) in [5.41, 5.74) is 0. The van der Waals surface area contributed by atoms with Crippen LogP contribution in [0.2, 0.25) is 0 Å². The van der Waals surface area contributed by atoms with Crippen molar-refractivity contribution in [3.63, 3.8) is 0 Å². The predicted molar refractivity (Wildman–Crippen MR) is 33.1 cm³/mol. The summed E-state index contributed by atoms with van der Waals surface area (Å²) in [6.45, 7) is 2.84. The lowest BCUT2D eigenvalue weighted by atomic mass is 10.8. The van der Waals surface area contributed by atoms with Crippen molar-refractivity contribution >= 4 is 10.8 Å². The molecule has 5 heteroatoms. The molecule has 0 radical (unpaired) electrons. The molecule has 0 aromatic rings. The Balaban J connectivity index is 2.42. The van der Waals surface area contributed by atoms with Gasteiger partial charge in [-0.3, -0.25) is 12.5 Å². The zero-order valence-electron chi connectivity index (χ0n) is 5.20. The highest BCUT2D eigenvalue weighted by Gasteiger charge is 2.20. The van der Waals surface area contributed by atoms with Crippen LogP contribution in [0.15, 0.2) is 0 Å². The van der Waals surface area contributed by atoms with Crippen molar-refractivity contribution in [2.75, 3.05) is 19.8 Å².